The van der Waals surface area contributed by atoms with E-state index in [2.05, 4.69) is 76.0 Å². The molecule has 0 aliphatic heterocycles. The molecule has 1 nitrogen and oxygen atoms in total. The van der Waals surface area contributed by atoms with Gasteiger partial charge < -0.3 is 0 Å². The molecule has 23 heavy (non-hydrogen) atoms. The zero-order valence-electron chi connectivity index (χ0n) is 15.0. The number of fused-ring (bicyclic) bond motifs is 1. The molecule has 0 spiro atoms. The summed E-state index contributed by atoms with van der Waals surface area (Å²) in [6.45, 7) is 11.7. The predicted molar refractivity (Wildman–Crippen MR) is 99.5 cm³/mol. The Hall–Kier alpha value is -1.89. The van der Waals surface area contributed by atoms with E-state index in [1.807, 2.05) is 12.4 Å². The van der Waals surface area contributed by atoms with Crippen molar-refractivity contribution in [1.82, 2.24) is 4.98 Å². The zero-order valence-corrected chi connectivity index (χ0v) is 15.0. The largest absolute Gasteiger partial charge is 0.265 e. The van der Waals surface area contributed by atoms with Crippen LogP contribution in [0.2, 0.25) is 0 Å². The van der Waals surface area contributed by atoms with Gasteiger partial charge in [-0.25, -0.2) is 0 Å². The third kappa shape index (κ3) is 3.10. The average molecular weight is 305 g/mol. The van der Waals surface area contributed by atoms with Gasteiger partial charge in [-0.3, -0.25) is 4.98 Å². The van der Waals surface area contributed by atoms with Gasteiger partial charge in [0, 0.05) is 12.4 Å². The SMILES string of the molecule is C/C(=C/c1ccncc1)c1ccc2c(c1)C(C)(C)CCC2(C)C. The minimum atomic E-state index is 0.262. The van der Waals surface area contributed by atoms with Crippen molar-refractivity contribution >= 4 is 11.6 Å². The summed E-state index contributed by atoms with van der Waals surface area (Å²) in [5.41, 5.74) is 7.42. The molecule has 2 aromatic rings. The fourth-order valence-corrected chi connectivity index (χ4v) is 3.63. The van der Waals surface area contributed by atoms with Crippen LogP contribution in [0, 0.1) is 0 Å². The summed E-state index contributed by atoms with van der Waals surface area (Å²) < 4.78 is 0. The maximum absolute atomic E-state index is 4.09. The van der Waals surface area contributed by atoms with E-state index in [0.29, 0.717) is 0 Å². The molecule has 1 aliphatic carbocycles. The van der Waals surface area contributed by atoms with E-state index in [9.17, 15) is 0 Å². The Morgan fingerprint density at radius 1 is 0.913 bits per heavy atom. The molecule has 0 atom stereocenters. The second kappa shape index (κ2) is 5.63. The van der Waals surface area contributed by atoms with Gasteiger partial charge in [0.25, 0.3) is 0 Å². The van der Waals surface area contributed by atoms with Crippen molar-refractivity contribution in [3.05, 3.63) is 65.0 Å². The first-order valence-electron chi connectivity index (χ1n) is 8.53. The van der Waals surface area contributed by atoms with Crippen LogP contribution >= 0.6 is 0 Å². The van der Waals surface area contributed by atoms with Crippen LogP contribution in [0.15, 0.2) is 42.7 Å². The lowest BCUT2D eigenvalue weighted by Crippen LogP contribution is -2.33. The molecule has 1 heterocycles. The summed E-state index contributed by atoms with van der Waals surface area (Å²) in [6.07, 6.45) is 8.45. The van der Waals surface area contributed by atoms with Gasteiger partial charge in [-0.15, -0.1) is 0 Å². The quantitative estimate of drug-likeness (QED) is 0.664. The van der Waals surface area contributed by atoms with Crippen molar-refractivity contribution in [2.75, 3.05) is 0 Å². The molecule has 1 aromatic heterocycles. The van der Waals surface area contributed by atoms with Gasteiger partial charge in [0.1, 0.15) is 0 Å². The van der Waals surface area contributed by atoms with E-state index in [1.54, 1.807) is 0 Å². The highest BCUT2D eigenvalue weighted by molar-refractivity contribution is 5.80. The summed E-state index contributed by atoms with van der Waals surface area (Å²) >= 11 is 0. The van der Waals surface area contributed by atoms with Crippen molar-refractivity contribution in [2.24, 2.45) is 0 Å². The number of hydrogen-bond donors (Lipinski definition) is 0. The highest BCUT2D eigenvalue weighted by Gasteiger charge is 2.36. The number of benzene rings is 1. The van der Waals surface area contributed by atoms with Crippen LogP contribution in [-0.4, -0.2) is 4.98 Å². The van der Waals surface area contributed by atoms with E-state index in [1.165, 1.54) is 40.7 Å². The molecule has 1 heteroatoms. The lowest BCUT2D eigenvalue weighted by Gasteiger charge is -2.42. The van der Waals surface area contributed by atoms with Crippen LogP contribution in [0.25, 0.3) is 11.6 Å². The first-order chi connectivity index (χ1) is 10.8. The summed E-state index contributed by atoms with van der Waals surface area (Å²) in [5, 5.41) is 0. The number of allylic oxidation sites excluding steroid dienone is 1. The Morgan fingerprint density at radius 2 is 1.52 bits per heavy atom. The molecule has 0 saturated heterocycles. The molecule has 0 fully saturated rings. The molecule has 3 rings (SSSR count). The Morgan fingerprint density at radius 3 is 2.17 bits per heavy atom. The molecular formula is C22H27N. The van der Waals surface area contributed by atoms with Gasteiger partial charge in [0.2, 0.25) is 0 Å². The Kier molecular flexibility index (Phi) is 3.91. The minimum absolute atomic E-state index is 0.262. The Bertz CT molecular complexity index is 736. The lowest BCUT2D eigenvalue weighted by atomic mass is 9.63. The smallest absolute Gasteiger partial charge is 0.0273 e. The number of nitrogens with zero attached hydrogens (tertiary/aromatic N) is 1. The van der Waals surface area contributed by atoms with Gasteiger partial charge in [0.05, 0.1) is 0 Å². The summed E-state index contributed by atoms with van der Waals surface area (Å²) in [6, 6.07) is 11.2. The van der Waals surface area contributed by atoms with Crippen molar-refractivity contribution < 1.29 is 0 Å². The fraction of sp³-hybridized carbons (Fsp3) is 0.409. The molecule has 0 radical (unpaired) electrons. The normalized spacial score (nSPS) is 19.3. The molecule has 0 amide bonds. The highest BCUT2D eigenvalue weighted by atomic mass is 14.6. The number of aromatic nitrogens is 1. The van der Waals surface area contributed by atoms with Gasteiger partial charge in [-0.2, -0.15) is 0 Å². The summed E-state index contributed by atoms with van der Waals surface area (Å²) in [5.74, 6) is 0. The van der Waals surface area contributed by atoms with Crippen LogP contribution in [0.1, 0.15) is 69.7 Å². The van der Waals surface area contributed by atoms with E-state index in [0.717, 1.165) is 0 Å². The van der Waals surface area contributed by atoms with Crippen molar-refractivity contribution in [3.63, 3.8) is 0 Å². The van der Waals surface area contributed by atoms with Gasteiger partial charge in [-0.1, -0.05) is 52.0 Å². The molecule has 0 saturated carbocycles. The Balaban J connectivity index is 2.05. The van der Waals surface area contributed by atoms with Crippen LogP contribution in [0.4, 0.5) is 0 Å². The maximum atomic E-state index is 4.09. The van der Waals surface area contributed by atoms with Crippen LogP contribution in [0.3, 0.4) is 0 Å². The van der Waals surface area contributed by atoms with E-state index in [-0.39, 0.29) is 10.8 Å². The molecule has 0 N–H and O–H groups in total. The summed E-state index contributed by atoms with van der Waals surface area (Å²) in [7, 11) is 0. The molecule has 120 valence electrons. The summed E-state index contributed by atoms with van der Waals surface area (Å²) in [4.78, 5) is 4.09. The Labute approximate surface area is 140 Å². The average Bonchev–Trinajstić information content (AvgIpc) is 2.52. The molecule has 0 unspecified atom stereocenters. The van der Waals surface area contributed by atoms with Crippen molar-refractivity contribution in [1.29, 1.82) is 0 Å². The number of hydrogen-bond acceptors (Lipinski definition) is 1. The minimum Gasteiger partial charge on any atom is -0.265 e. The third-order valence-electron chi connectivity index (χ3n) is 5.40. The van der Waals surface area contributed by atoms with E-state index < -0.39 is 0 Å². The van der Waals surface area contributed by atoms with Gasteiger partial charge in [0.15, 0.2) is 0 Å². The highest BCUT2D eigenvalue weighted by Crippen LogP contribution is 2.46. The van der Waals surface area contributed by atoms with Crippen LogP contribution < -0.4 is 0 Å². The second-order valence-electron chi connectivity index (χ2n) is 8.14. The van der Waals surface area contributed by atoms with E-state index in [4.69, 9.17) is 0 Å². The lowest BCUT2D eigenvalue weighted by molar-refractivity contribution is 0.332. The fourth-order valence-electron chi connectivity index (χ4n) is 3.63. The number of pyridine rings is 1. The molecule has 0 bridgehead atoms. The topological polar surface area (TPSA) is 12.9 Å². The molecule has 1 aliphatic rings. The zero-order chi connectivity index (χ0) is 16.7. The molecular weight excluding hydrogens is 278 g/mol. The van der Waals surface area contributed by atoms with E-state index >= 15 is 0 Å². The van der Waals surface area contributed by atoms with Crippen molar-refractivity contribution in [3.8, 4) is 0 Å². The predicted octanol–water partition coefficient (Wildman–Crippen LogP) is 5.99. The van der Waals surface area contributed by atoms with Crippen LogP contribution in [-0.2, 0) is 10.8 Å². The number of rotatable bonds is 2. The first kappa shape index (κ1) is 16.0. The first-order valence-corrected chi connectivity index (χ1v) is 8.53. The van der Waals surface area contributed by atoms with Crippen LogP contribution in [0.5, 0.6) is 0 Å². The standard InChI is InChI=1S/C22H27N/c1-16(14-17-8-12-23-13-9-17)18-6-7-19-20(15-18)22(4,5)11-10-21(19,2)3/h6-9,12-15H,10-11H2,1-5H3/b16-14-. The molecule has 1 aromatic carbocycles. The third-order valence-corrected chi connectivity index (χ3v) is 5.40. The van der Waals surface area contributed by atoms with Gasteiger partial charge in [-0.05, 0) is 70.6 Å². The monoisotopic (exact) mass is 305 g/mol. The second-order valence-corrected chi connectivity index (χ2v) is 8.14. The van der Waals surface area contributed by atoms with Gasteiger partial charge >= 0.3 is 0 Å². The maximum Gasteiger partial charge on any atom is 0.0273 e. The van der Waals surface area contributed by atoms with Crippen molar-refractivity contribution in [2.45, 2.75) is 58.3 Å².